The summed E-state index contributed by atoms with van der Waals surface area (Å²) in [6.45, 7) is 1.74. The second kappa shape index (κ2) is 10.7. The van der Waals surface area contributed by atoms with Gasteiger partial charge in [0.15, 0.2) is 5.96 Å². The van der Waals surface area contributed by atoms with E-state index in [1.165, 1.54) is 6.92 Å². The van der Waals surface area contributed by atoms with Gasteiger partial charge in [0, 0.05) is 12.3 Å². The van der Waals surface area contributed by atoms with Gasteiger partial charge < -0.3 is 32.9 Å². The minimum atomic E-state index is -1.22. The fraction of sp³-hybridized carbons (Fsp3) is 0.667. The van der Waals surface area contributed by atoms with Crippen molar-refractivity contribution in [2.24, 2.45) is 22.2 Å². The van der Waals surface area contributed by atoms with Crippen LogP contribution in [0, 0.1) is 0 Å². The Kier molecular flexibility index (Phi) is 9.74. The number of carbonyl (C=O) groups is 3. The van der Waals surface area contributed by atoms with Crippen LogP contribution < -0.4 is 27.8 Å². The summed E-state index contributed by atoms with van der Waals surface area (Å²) in [5, 5.41) is 13.7. The van der Waals surface area contributed by atoms with Crippen molar-refractivity contribution < 1.29 is 19.5 Å². The summed E-state index contributed by atoms with van der Waals surface area (Å²) in [7, 11) is 0. The van der Waals surface area contributed by atoms with Gasteiger partial charge in [0.25, 0.3) is 0 Å². The van der Waals surface area contributed by atoms with Gasteiger partial charge in [0.05, 0.1) is 6.04 Å². The molecule has 10 nitrogen and oxygen atoms in total. The third kappa shape index (κ3) is 8.88. The summed E-state index contributed by atoms with van der Waals surface area (Å²) in [4.78, 5) is 38.5. The fourth-order valence-corrected chi connectivity index (χ4v) is 1.78. The lowest BCUT2D eigenvalue weighted by molar-refractivity contribution is -0.141. The quantitative estimate of drug-likeness (QED) is 0.0973. The Morgan fingerprint density at radius 3 is 2.17 bits per heavy atom. The smallest absolute Gasteiger partial charge is 0.327 e. The average Bonchev–Trinajstić information content (AvgIpc) is 2.46. The highest BCUT2D eigenvalue weighted by Crippen LogP contribution is 2.01. The van der Waals surface area contributed by atoms with E-state index in [-0.39, 0.29) is 24.7 Å². The molecular formula is C12H24N6O4S. The molecule has 9 N–H and O–H groups in total. The Morgan fingerprint density at radius 2 is 1.74 bits per heavy atom. The van der Waals surface area contributed by atoms with Crippen molar-refractivity contribution in [1.29, 1.82) is 0 Å². The molecule has 0 heterocycles. The number of amides is 2. The number of hydrogen-bond acceptors (Lipinski definition) is 6. The van der Waals surface area contributed by atoms with Crippen molar-refractivity contribution in [1.82, 2.24) is 10.6 Å². The molecule has 0 saturated carbocycles. The molecule has 0 aliphatic rings. The van der Waals surface area contributed by atoms with Gasteiger partial charge >= 0.3 is 5.97 Å². The summed E-state index contributed by atoms with van der Waals surface area (Å²) < 4.78 is 0. The van der Waals surface area contributed by atoms with E-state index in [0.29, 0.717) is 6.42 Å². The average molecular weight is 348 g/mol. The molecule has 0 aromatic carbocycles. The highest BCUT2D eigenvalue weighted by Gasteiger charge is 2.26. The Bertz CT molecular complexity index is 453. The number of carbonyl (C=O) groups excluding carboxylic acids is 2. The minimum Gasteiger partial charge on any atom is -0.480 e. The molecule has 0 aliphatic carbocycles. The number of aliphatic carboxylic acids is 1. The van der Waals surface area contributed by atoms with Crippen LogP contribution >= 0.6 is 12.6 Å². The molecule has 132 valence electrons. The fourth-order valence-electron chi connectivity index (χ4n) is 1.53. The molecule has 11 heteroatoms. The number of rotatable bonds is 10. The minimum absolute atomic E-state index is 0.0772. The largest absolute Gasteiger partial charge is 0.480 e. The van der Waals surface area contributed by atoms with Crippen molar-refractivity contribution in [2.75, 3.05) is 12.3 Å². The first-order valence-corrected chi connectivity index (χ1v) is 7.57. The number of nitrogens with two attached hydrogens (primary N) is 3. The standard InChI is InChI=1S/C12H24N6O4S/c1-6(13)9(19)17-7(3-2-4-16-12(14)15)10(20)18-8(5-23)11(21)22/h6-8,23H,2-5,13H2,1H3,(H,17,19)(H,18,20)(H,21,22)(H4,14,15,16)/t6-,7-,8-/m0/s1. The maximum absolute atomic E-state index is 12.2. The molecule has 0 rings (SSSR count). The van der Waals surface area contributed by atoms with Crippen LogP contribution in [0.1, 0.15) is 19.8 Å². The van der Waals surface area contributed by atoms with Crippen LogP contribution in [0.25, 0.3) is 0 Å². The van der Waals surface area contributed by atoms with Crippen LogP contribution in [-0.4, -0.2) is 59.3 Å². The zero-order valence-corrected chi connectivity index (χ0v) is 13.8. The van der Waals surface area contributed by atoms with Crippen LogP contribution in [-0.2, 0) is 14.4 Å². The Morgan fingerprint density at radius 1 is 1.17 bits per heavy atom. The lowest BCUT2D eigenvalue weighted by atomic mass is 10.1. The lowest BCUT2D eigenvalue weighted by Gasteiger charge is -2.21. The molecule has 0 fully saturated rings. The van der Waals surface area contributed by atoms with Gasteiger partial charge in [-0.3, -0.25) is 14.6 Å². The van der Waals surface area contributed by atoms with Gasteiger partial charge in [0.2, 0.25) is 11.8 Å². The van der Waals surface area contributed by atoms with Crippen molar-refractivity contribution in [2.45, 2.75) is 37.9 Å². The summed E-state index contributed by atoms with van der Waals surface area (Å²) in [6.07, 6.45) is 0.633. The Hall–Kier alpha value is -2.01. The second-order valence-electron chi connectivity index (χ2n) is 4.88. The summed E-state index contributed by atoms with van der Waals surface area (Å²) in [5.74, 6) is -2.53. The van der Waals surface area contributed by atoms with E-state index in [2.05, 4.69) is 28.3 Å². The molecular weight excluding hydrogens is 324 g/mol. The number of carboxylic acids is 1. The predicted octanol–water partition coefficient (Wildman–Crippen LogP) is -2.63. The van der Waals surface area contributed by atoms with Crippen LogP contribution in [0.15, 0.2) is 4.99 Å². The third-order valence-electron chi connectivity index (χ3n) is 2.79. The third-order valence-corrected chi connectivity index (χ3v) is 3.15. The molecule has 2 amide bonds. The van der Waals surface area contributed by atoms with E-state index in [4.69, 9.17) is 22.3 Å². The van der Waals surface area contributed by atoms with Crippen LogP contribution in [0.2, 0.25) is 0 Å². The first kappa shape index (κ1) is 21.0. The Labute approximate surface area is 139 Å². The number of nitrogens with zero attached hydrogens (tertiary/aromatic N) is 1. The van der Waals surface area contributed by atoms with Crippen LogP contribution in [0.5, 0.6) is 0 Å². The number of thiol groups is 1. The number of guanidine groups is 1. The SMILES string of the molecule is C[C@H](N)C(=O)N[C@@H](CCCN=C(N)N)C(=O)N[C@@H](CS)C(=O)O. The van der Waals surface area contributed by atoms with Gasteiger partial charge in [0.1, 0.15) is 12.1 Å². The zero-order chi connectivity index (χ0) is 18.0. The zero-order valence-electron chi connectivity index (χ0n) is 12.9. The molecule has 0 bridgehead atoms. The monoisotopic (exact) mass is 348 g/mol. The molecule has 0 spiro atoms. The van der Waals surface area contributed by atoms with Gasteiger partial charge in [-0.25, -0.2) is 4.79 Å². The van der Waals surface area contributed by atoms with E-state index in [9.17, 15) is 14.4 Å². The number of carboxylic acid groups (broad SMARTS) is 1. The molecule has 0 saturated heterocycles. The van der Waals surface area contributed by atoms with E-state index in [1.54, 1.807) is 0 Å². The molecule has 0 aromatic heterocycles. The molecule has 3 atom stereocenters. The Balaban J connectivity index is 4.80. The van der Waals surface area contributed by atoms with Crippen molar-refractivity contribution >= 4 is 36.4 Å². The van der Waals surface area contributed by atoms with Gasteiger partial charge in [-0.15, -0.1) is 0 Å². The first-order valence-electron chi connectivity index (χ1n) is 6.94. The van der Waals surface area contributed by atoms with E-state index >= 15 is 0 Å². The first-order chi connectivity index (χ1) is 10.7. The number of hydrogen-bond donors (Lipinski definition) is 7. The molecule has 0 aliphatic heterocycles. The molecule has 0 unspecified atom stereocenters. The van der Waals surface area contributed by atoms with Crippen LogP contribution in [0.3, 0.4) is 0 Å². The molecule has 0 radical (unpaired) electrons. The lowest BCUT2D eigenvalue weighted by Crippen LogP contribution is -2.54. The van der Waals surface area contributed by atoms with Crippen LogP contribution in [0.4, 0.5) is 0 Å². The predicted molar refractivity (Wildman–Crippen MR) is 88.9 cm³/mol. The highest BCUT2D eigenvalue weighted by molar-refractivity contribution is 7.80. The highest BCUT2D eigenvalue weighted by atomic mass is 32.1. The topological polar surface area (TPSA) is 186 Å². The van der Waals surface area contributed by atoms with Gasteiger partial charge in [-0.1, -0.05) is 0 Å². The van der Waals surface area contributed by atoms with E-state index in [0.717, 1.165) is 0 Å². The van der Waals surface area contributed by atoms with E-state index in [1.807, 2.05) is 0 Å². The summed E-state index contributed by atoms with van der Waals surface area (Å²) in [6, 6.07) is -2.90. The number of aliphatic imine (C=N–C) groups is 1. The van der Waals surface area contributed by atoms with Gasteiger partial charge in [-0.05, 0) is 19.8 Å². The summed E-state index contributed by atoms with van der Waals surface area (Å²) >= 11 is 3.86. The molecule has 23 heavy (non-hydrogen) atoms. The van der Waals surface area contributed by atoms with Gasteiger partial charge in [-0.2, -0.15) is 12.6 Å². The van der Waals surface area contributed by atoms with E-state index < -0.39 is 35.9 Å². The van der Waals surface area contributed by atoms with Crippen molar-refractivity contribution in [3.63, 3.8) is 0 Å². The maximum atomic E-state index is 12.2. The maximum Gasteiger partial charge on any atom is 0.327 e. The van der Waals surface area contributed by atoms with Crippen molar-refractivity contribution in [3.05, 3.63) is 0 Å². The summed E-state index contributed by atoms with van der Waals surface area (Å²) in [5.41, 5.74) is 15.8. The second-order valence-corrected chi connectivity index (χ2v) is 5.25. The molecule has 0 aromatic rings. The van der Waals surface area contributed by atoms with Crippen molar-refractivity contribution in [3.8, 4) is 0 Å². The normalized spacial score (nSPS) is 14.2. The number of nitrogens with one attached hydrogen (secondary N) is 2.